The van der Waals surface area contributed by atoms with E-state index >= 15 is 0 Å². The van der Waals surface area contributed by atoms with E-state index in [2.05, 4.69) is 21.2 Å². The summed E-state index contributed by atoms with van der Waals surface area (Å²) in [5, 5.41) is 12.5. The number of carbonyl (C=O) groups excluding carboxylic acids is 1. The molecule has 4 nitrogen and oxygen atoms in total. The Balaban J connectivity index is 1.80. The number of furan rings is 1. The highest BCUT2D eigenvalue weighted by molar-refractivity contribution is 9.10. The zero-order valence-electron chi connectivity index (χ0n) is 13.4. The Morgan fingerprint density at radius 3 is 2.62 bits per heavy atom. The van der Waals surface area contributed by atoms with Gasteiger partial charge in [-0.1, -0.05) is 39.7 Å². The number of amides is 1. The molecule has 1 aromatic heterocycles. The fraction of sp³-hybridized carbons (Fsp3) is 0. The lowest BCUT2D eigenvalue weighted by Crippen LogP contribution is -2.13. The van der Waals surface area contributed by atoms with Crippen LogP contribution in [0.25, 0.3) is 17.4 Å². The van der Waals surface area contributed by atoms with Gasteiger partial charge in [-0.3, -0.25) is 4.79 Å². The summed E-state index contributed by atoms with van der Waals surface area (Å²) in [5.74, 6) is 0.547. The first-order chi connectivity index (χ1) is 12.5. The zero-order valence-corrected chi connectivity index (χ0v) is 15.7. The molecule has 0 aliphatic carbocycles. The minimum atomic E-state index is -0.518. The summed E-state index contributed by atoms with van der Waals surface area (Å²) in [6, 6.07) is 19.7. The minimum absolute atomic E-state index is 0.0601. The molecule has 0 saturated heterocycles. The predicted molar refractivity (Wildman–Crippen MR) is 106 cm³/mol. The molecule has 128 valence electrons. The molecule has 0 spiro atoms. The maximum Gasteiger partial charge on any atom is 0.266 e. The molecule has 1 N–H and O–H groups in total. The monoisotopic (exact) mass is 426 g/mol. The highest BCUT2D eigenvalue weighted by Gasteiger charge is 2.11. The molecular weight excluding hydrogens is 416 g/mol. The highest BCUT2D eigenvalue weighted by atomic mass is 79.9. The van der Waals surface area contributed by atoms with E-state index < -0.39 is 5.91 Å². The van der Waals surface area contributed by atoms with Crippen molar-refractivity contribution in [3.63, 3.8) is 0 Å². The maximum atomic E-state index is 12.3. The largest absolute Gasteiger partial charge is 0.457 e. The number of hydrogen-bond donors (Lipinski definition) is 1. The van der Waals surface area contributed by atoms with Crippen LogP contribution in [0.4, 0.5) is 5.69 Å². The molecular formula is C20H12BrClN2O2. The van der Waals surface area contributed by atoms with Crippen molar-refractivity contribution in [1.29, 1.82) is 5.26 Å². The second-order valence-corrected chi connectivity index (χ2v) is 6.70. The van der Waals surface area contributed by atoms with Crippen molar-refractivity contribution in [3.8, 4) is 17.4 Å². The summed E-state index contributed by atoms with van der Waals surface area (Å²) in [6.45, 7) is 0. The van der Waals surface area contributed by atoms with Crippen molar-refractivity contribution in [2.45, 2.75) is 0 Å². The molecule has 0 saturated carbocycles. The molecule has 0 unspecified atom stereocenters. The van der Waals surface area contributed by atoms with Gasteiger partial charge in [0.1, 0.15) is 23.2 Å². The normalized spacial score (nSPS) is 11.0. The third-order valence-corrected chi connectivity index (χ3v) is 4.23. The Morgan fingerprint density at radius 1 is 1.15 bits per heavy atom. The van der Waals surface area contributed by atoms with Gasteiger partial charge in [0.15, 0.2) is 0 Å². The molecule has 0 fully saturated rings. The van der Waals surface area contributed by atoms with Crippen molar-refractivity contribution >= 4 is 45.2 Å². The Morgan fingerprint density at radius 2 is 1.92 bits per heavy atom. The lowest BCUT2D eigenvalue weighted by Gasteiger charge is -2.03. The number of anilines is 1. The Kier molecular flexibility index (Phi) is 5.57. The average Bonchev–Trinajstić information content (AvgIpc) is 3.10. The summed E-state index contributed by atoms with van der Waals surface area (Å²) in [7, 11) is 0. The van der Waals surface area contributed by atoms with Gasteiger partial charge in [0.25, 0.3) is 5.91 Å². The summed E-state index contributed by atoms with van der Waals surface area (Å²) < 4.78 is 6.66. The van der Waals surface area contributed by atoms with Crippen LogP contribution in [0, 0.1) is 11.3 Å². The number of nitrogens with zero attached hydrogens (tertiary/aromatic N) is 1. The van der Waals surface area contributed by atoms with Crippen molar-refractivity contribution < 1.29 is 9.21 Å². The molecule has 2 aromatic carbocycles. The summed E-state index contributed by atoms with van der Waals surface area (Å²) >= 11 is 9.23. The summed E-state index contributed by atoms with van der Waals surface area (Å²) in [5.41, 5.74) is 1.38. The average molecular weight is 428 g/mol. The van der Waals surface area contributed by atoms with Crippen LogP contribution in [-0.2, 0) is 4.79 Å². The Hall–Kier alpha value is -2.81. The van der Waals surface area contributed by atoms with E-state index in [1.807, 2.05) is 30.3 Å². The molecule has 1 heterocycles. The van der Waals surface area contributed by atoms with Crippen LogP contribution in [0.15, 0.2) is 75.1 Å². The second kappa shape index (κ2) is 8.05. The highest BCUT2D eigenvalue weighted by Crippen LogP contribution is 2.26. The van der Waals surface area contributed by atoms with E-state index in [1.165, 1.54) is 6.08 Å². The lowest BCUT2D eigenvalue weighted by atomic mass is 10.2. The lowest BCUT2D eigenvalue weighted by molar-refractivity contribution is -0.112. The SMILES string of the molecule is N#C/C(=C/c1ccc(-c2cccc(Br)c2)o1)C(=O)Nc1ccc(Cl)cc1. The first-order valence-electron chi connectivity index (χ1n) is 7.59. The van der Waals surface area contributed by atoms with Crippen LogP contribution in [0.5, 0.6) is 0 Å². The van der Waals surface area contributed by atoms with Crippen LogP contribution in [0.2, 0.25) is 5.02 Å². The molecule has 0 bridgehead atoms. The van der Waals surface area contributed by atoms with Crippen LogP contribution < -0.4 is 5.32 Å². The number of carbonyl (C=O) groups is 1. The molecule has 0 atom stereocenters. The second-order valence-electron chi connectivity index (χ2n) is 5.34. The predicted octanol–water partition coefficient (Wildman–Crippen LogP) is 5.91. The Bertz CT molecular complexity index is 1020. The third-order valence-electron chi connectivity index (χ3n) is 3.49. The van der Waals surface area contributed by atoms with E-state index in [-0.39, 0.29) is 5.57 Å². The topological polar surface area (TPSA) is 66.0 Å². The Labute approximate surface area is 163 Å². The van der Waals surface area contributed by atoms with Crippen molar-refractivity contribution in [2.24, 2.45) is 0 Å². The van der Waals surface area contributed by atoms with E-state index in [0.29, 0.717) is 22.2 Å². The number of nitriles is 1. The van der Waals surface area contributed by atoms with Crippen molar-refractivity contribution in [2.75, 3.05) is 5.32 Å². The van der Waals surface area contributed by atoms with Crippen molar-refractivity contribution in [3.05, 3.63) is 81.5 Å². The van der Waals surface area contributed by atoms with Crippen LogP contribution in [0.3, 0.4) is 0 Å². The molecule has 0 aliphatic heterocycles. The van der Waals surface area contributed by atoms with E-state index in [1.54, 1.807) is 36.4 Å². The van der Waals surface area contributed by atoms with Crippen LogP contribution in [0.1, 0.15) is 5.76 Å². The van der Waals surface area contributed by atoms with Gasteiger partial charge >= 0.3 is 0 Å². The van der Waals surface area contributed by atoms with Gasteiger partial charge in [0.2, 0.25) is 0 Å². The quantitative estimate of drug-likeness (QED) is 0.416. The standard InChI is InChI=1S/C20H12BrClN2O2/c21-15-3-1-2-13(10-15)19-9-8-18(26-19)11-14(12-23)20(25)24-17-6-4-16(22)5-7-17/h1-11H,(H,24,25)/b14-11-. The van der Waals surface area contributed by atoms with Crippen molar-refractivity contribution in [1.82, 2.24) is 0 Å². The number of nitrogens with one attached hydrogen (secondary N) is 1. The first kappa shape index (κ1) is 18.0. The van der Waals surface area contributed by atoms with Crippen LogP contribution in [-0.4, -0.2) is 5.91 Å². The van der Waals surface area contributed by atoms with E-state index in [9.17, 15) is 10.1 Å². The third kappa shape index (κ3) is 4.42. The fourth-order valence-electron chi connectivity index (χ4n) is 2.25. The van der Waals surface area contributed by atoms with Crippen LogP contribution >= 0.6 is 27.5 Å². The van der Waals surface area contributed by atoms with Gasteiger partial charge in [-0.2, -0.15) is 5.26 Å². The van der Waals surface area contributed by atoms with Gasteiger partial charge < -0.3 is 9.73 Å². The number of rotatable bonds is 4. The molecule has 1 amide bonds. The fourth-order valence-corrected chi connectivity index (χ4v) is 2.78. The molecule has 0 aliphatic rings. The van der Waals surface area contributed by atoms with Gasteiger partial charge in [0, 0.05) is 26.8 Å². The van der Waals surface area contributed by atoms with E-state index in [4.69, 9.17) is 16.0 Å². The van der Waals surface area contributed by atoms with Gasteiger partial charge in [-0.05, 0) is 48.5 Å². The maximum absolute atomic E-state index is 12.3. The molecule has 3 rings (SSSR count). The van der Waals surface area contributed by atoms with Gasteiger partial charge in [-0.15, -0.1) is 0 Å². The number of hydrogen-bond acceptors (Lipinski definition) is 3. The van der Waals surface area contributed by atoms with Gasteiger partial charge in [-0.25, -0.2) is 0 Å². The minimum Gasteiger partial charge on any atom is -0.457 e. The zero-order chi connectivity index (χ0) is 18.5. The molecule has 6 heteroatoms. The molecule has 3 aromatic rings. The smallest absolute Gasteiger partial charge is 0.266 e. The number of benzene rings is 2. The van der Waals surface area contributed by atoms with E-state index in [0.717, 1.165) is 10.0 Å². The van der Waals surface area contributed by atoms with Gasteiger partial charge in [0.05, 0.1) is 0 Å². The number of halogens is 2. The molecule has 0 radical (unpaired) electrons. The summed E-state index contributed by atoms with van der Waals surface area (Å²) in [4.78, 5) is 12.3. The first-order valence-corrected chi connectivity index (χ1v) is 8.77. The summed E-state index contributed by atoms with van der Waals surface area (Å²) in [6.07, 6.45) is 1.41. The molecule has 26 heavy (non-hydrogen) atoms.